The molecular formula is C13H20NO5P. The van der Waals surface area contributed by atoms with E-state index in [1.807, 2.05) is 30.3 Å². The van der Waals surface area contributed by atoms with Crippen molar-refractivity contribution in [1.82, 2.24) is 5.32 Å². The van der Waals surface area contributed by atoms with Crippen LogP contribution in [0.2, 0.25) is 0 Å². The van der Waals surface area contributed by atoms with Crippen LogP contribution >= 0.6 is 7.60 Å². The van der Waals surface area contributed by atoms with E-state index in [0.29, 0.717) is 0 Å². The van der Waals surface area contributed by atoms with E-state index in [9.17, 15) is 14.5 Å². The Morgan fingerprint density at radius 1 is 1.25 bits per heavy atom. The summed E-state index contributed by atoms with van der Waals surface area (Å²) >= 11 is 0. The molecule has 20 heavy (non-hydrogen) atoms. The van der Waals surface area contributed by atoms with Crippen molar-refractivity contribution in [3.8, 4) is 0 Å². The molecular weight excluding hydrogens is 281 g/mol. The number of carbonyl (C=O) groups excluding carboxylic acids is 1. The second-order valence-corrected chi connectivity index (χ2v) is 6.04. The molecule has 112 valence electrons. The lowest BCUT2D eigenvalue weighted by Gasteiger charge is -2.21. The van der Waals surface area contributed by atoms with Gasteiger partial charge in [-0.1, -0.05) is 30.3 Å². The molecule has 0 saturated heterocycles. The van der Waals surface area contributed by atoms with Gasteiger partial charge in [-0.25, -0.2) is 0 Å². The summed E-state index contributed by atoms with van der Waals surface area (Å²) in [6.45, 7) is 3.62. The SMILES string of the molecule is CCOP(=O)(OCC)C(O)C(=O)NCc1ccccc1. The normalized spacial score (nSPS) is 12.9. The number of hydrogen-bond donors (Lipinski definition) is 2. The van der Waals surface area contributed by atoms with Crippen molar-refractivity contribution in [2.75, 3.05) is 13.2 Å². The largest absolute Gasteiger partial charge is 0.372 e. The summed E-state index contributed by atoms with van der Waals surface area (Å²) < 4.78 is 22.1. The quantitative estimate of drug-likeness (QED) is 0.716. The number of amides is 1. The lowest BCUT2D eigenvalue weighted by Crippen LogP contribution is -2.35. The number of carbonyl (C=O) groups is 1. The maximum atomic E-state index is 12.2. The highest BCUT2D eigenvalue weighted by atomic mass is 31.2. The first-order chi connectivity index (χ1) is 9.53. The van der Waals surface area contributed by atoms with Crippen LogP contribution in [0.5, 0.6) is 0 Å². The molecule has 0 aliphatic rings. The number of rotatable bonds is 8. The molecule has 1 aromatic rings. The lowest BCUT2D eigenvalue weighted by atomic mass is 10.2. The van der Waals surface area contributed by atoms with Crippen LogP contribution < -0.4 is 5.32 Å². The number of aliphatic hydroxyl groups excluding tert-OH is 1. The zero-order valence-corrected chi connectivity index (χ0v) is 12.5. The Morgan fingerprint density at radius 3 is 2.30 bits per heavy atom. The van der Waals surface area contributed by atoms with Gasteiger partial charge in [0.15, 0.2) is 0 Å². The van der Waals surface area contributed by atoms with Gasteiger partial charge in [0.25, 0.3) is 5.91 Å². The molecule has 6 nitrogen and oxygen atoms in total. The van der Waals surface area contributed by atoms with Gasteiger partial charge in [0.05, 0.1) is 13.2 Å². The van der Waals surface area contributed by atoms with Gasteiger partial charge in [0, 0.05) is 6.54 Å². The highest BCUT2D eigenvalue weighted by Gasteiger charge is 2.39. The van der Waals surface area contributed by atoms with Crippen LogP contribution in [0.1, 0.15) is 19.4 Å². The molecule has 0 aliphatic carbocycles. The summed E-state index contributed by atoms with van der Waals surface area (Å²) in [6.07, 6.45) is 0. The Labute approximate surface area is 118 Å². The summed E-state index contributed by atoms with van der Waals surface area (Å²) in [7, 11) is -3.84. The minimum Gasteiger partial charge on any atom is -0.372 e. The molecule has 0 bridgehead atoms. The molecule has 0 aromatic heterocycles. The van der Waals surface area contributed by atoms with Gasteiger partial charge >= 0.3 is 7.60 Å². The van der Waals surface area contributed by atoms with Gasteiger partial charge < -0.3 is 19.5 Å². The first-order valence-electron chi connectivity index (χ1n) is 6.42. The van der Waals surface area contributed by atoms with E-state index >= 15 is 0 Å². The van der Waals surface area contributed by atoms with E-state index in [1.54, 1.807) is 13.8 Å². The average Bonchev–Trinajstić information content (AvgIpc) is 2.45. The van der Waals surface area contributed by atoms with Crippen LogP contribution in [0.3, 0.4) is 0 Å². The molecule has 1 aromatic carbocycles. The molecule has 2 N–H and O–H groups in total. The summed E-state index contributed by atoms with van der Waals surface area (Å²) in [4.78, 5) is 11.8. The maximum absolute atomic E-state index is 12.2. The fourth-order valence-corrected chi connectivity index (χ4v) is 3.01. The van der Waals surface area contributed by atoms with E-state index in [2.05, 4.69) is 5.32 Å². The molecule has 1 unspecified atom stereocenters. The van der Waals surface area contributed by atoms with Crippen LogP contribution in [0, 0.1) is 0 Å². The minimum absolute atomic E-state index is 0.0836. The van der Waals surface area contributed by atoms with E-state index in [1.165, 1.54) is 0 Å². The van der Waals surface area contributed by atoms with Gasteiger partial charge in [-0.3, -0.25) is 9.36 Å². The highest BCUT2D eigenvalue weighted by Crippen LogP contribution is 2.51. The molecule has 0 radical (unpaired) electrons. The van der Waals surface area contributed by atoms with Gasteiger partial charge in [-0.05, 0) is 19.4 Å². The Morgan fingerprint density at radius 2 is 1.80 bits per heavy atom. The Hall–Kier alpha value is -1.20. The number of benzene rings is 1. The minimum atomic E-state index is -3.84. The zero-order valence-electron chi connectivity index (χ0n) is 11.6. The summed E-state index contributed by atoms with van der Waals surface area (Å²) in [5.41, 5.74) is 0.871. The van der Waals surface area contributed by atoms with E-state index in [4.69, 9.17) is 9.05 Å². The average molecular weight is 301 g/mol. The van der Waals surface area contributed by atoms with Crippen molar-refractivity contribution in [3.05, 3.63) is 35.9 Å². The van der Waals surface area contributed by atoms with Crippen LogP contribution in [-0.2, 0) is 25.0 Å². The molecule has 0 spiro atoms. The monoisotopic (exact) mass is 301 g/mol. The van der Waals surface area contributed by atoms with Crippen LogP contribution in [0.15, 0.2) is 30.3 Å². The second-order valence-electron chi connectivity index (χ2n) is 3.95. The van der Waals surface area contributed by atoms with Crippen LogP contribution in [0.25, 0.3) is 0 Å². The molecule has 0 fully saturated rings. The molecule has 0 heterocycles. The predicted molar refractivity (Wildman–Crippen MR) is 75.2 cm³/mol. The Balaban J connectivity index is 2.63. The van der Waals surface area contributed by atoms with Gasteiger partial charge in [-0.2, -0.15) is 0 Å². The van der Waals surface area contributed by atoms with Crippen LogP contribution in [0.4, 0.5) is 0 Å². The van der Waals surface area contributed by atoms with Gasteiger partial charge in [-0.15, -0.1) is 0 Å². The predicted octanol–water partition coefficient (Wildman–Crippen LogP) is 1.89. The number of aliphatic hydroxyl groups is 1. The fraction of sp³-hybridized carbons (Fsp3) is 0.462. The van der Waals surface area contributed by atoms with Crippen LogP contribution in [-0.4, -0.2) is 30.1 Å². The third-order valence-corrected chi connectivity index (χ3v) is 4.53. The van der Waals surface area contributed by atoms with Gasteiger partial charge in [0.1, 0.15) is 0 Å². The number of nitrogens with one attached hydrogen (secondary N) is 1. The van der Waals surface area contributed by atoms with E-state index < -0.39 is 19.3 Å². The van der Waals surface area contributed by atoms with Crippen molar-refractivity contribution in [3.63, 3.8) is 0 Å². The first-order valence-corrected chi connectivity index (χ1v) is 8.03. The smallest absolute Gasteiger partial charge is 0.368 e. The summed E-state index contributed by atoms with van der Waals surface area (Å²) in [6, 6.07) is 9.19. The summed E-state index contributed by atoms with van der Waals surface area (Å²) in [5, 5.41) is 12.4. The first kappa shape index (κ1) is 16.9. The third kappa shape index (κ3) is 4.72. The molecule has 0 aliphatic heterocycles. The van der Waals surface area contributed by atoms with Crippen molar-refractivity contribution in [2.24, 2.45) is 0 Å². The molecule has 1 rings (SSSR count). The maximum Gasteiger partial charge on any atom is 0.368 e. The van der Waals surface area contributed by atoms with Crippen molar-refractivity contribution in [1.29, 1.82) is 0 Å². The fourth-order valence-electron chi connectivity index (χ4n) is 1.56. The van der Waals surface area contributed by atoms with Gasteiger partial charge in [0.2, 0.25) is 5.85 Å². The molecule has 1 atom stereocenters. The standard InChI is InChI=1S/C13H20NO5P/c1-3-18-20(17,19-4-2)13(16)12(15)14-10-11-8-6-5-7-9-11/h5-9,13,16H,3-4,10H2,1-2H3,(H,14,15). The zero-order chi connectivity index (χ0) is 15.0. The van der Waals surface area contributed by atoms with Crippen molar-refractivity contribution in [2.45, 2.75) is 26.2 Å². The van der Waals surface area contributed by atoms with E-state index in [0.717, 1.165) is 5.56 Å². The molecule has 1 amide bonds. The highest BCUT2D eigenvalue weighted by molar-refractivity contribution is 7.55. The third-order valence-electron chi connectivity index (χ3n) is 2.46. The molecule has 0 saturated carbocycles. The summed E-state index contributed by atoms with van der Waals surface area (Å²) in [5.74, 6) is -2.61. The Kier molecular flexibility index (Phi) is 6.88. The lowest BCUT2D eigenvalue weighted by molar-refractivity contribution is -0.126. The topological polar surface area (TPSA) is 84.9 Å². The van der Waals surface area contributed by atoms with Crippen molar-refractivity contribution < 1.29 is 23.5 Å². The second kappa shape index (κ2) is 8.17. The Bertz CT molecular complexity index is 455. The van der Waals surface area contributed by atoms with E-state index in [-0.39, 0.29) is 19.8 Å². The van der Waals surface area contributed by atoms with Crippen molar-refractivity contribution >= 4 is 13.5 Å². The molecule has 7 heteroatoms. The number of hydrogen-bond acceptors (Lipinski definition) is 5.